The first-order chi connectivity index (χ1) is 7.94. The van der Waals surface area contributed by atoms with Crippen LogP contribution in [0, 0.1) is 0 Å². The SMILES string of the molecule is CCC(C(=O)NCC(F)(F)F)c1ccccc1. The van der Waals surface area contributed by atoms with E-state index >= 15 is 0 Å². The van der Waals surface area contributed by atoms with Crippen LogP contribution >= 0.6 is 0 Å². The van der Waals surface area contributed by atoms with Gasteiger partial charge in [-0.3, -0.25) is 4.79 Å². The number of carbonyl (C=O) groups is 1. The largest absolute Gasteiger partial charge is 0.405 e. The first kappa shape index (κ1) is 13.5. The molecule has 1 rings (SSSR count). The number of carbonyl (C=O) groups excluding carboxylic acids is 1. The second kappa shape index (κ2) is 5.70. The van der Waals surface area contributed by atoms with Crippen molar-refractivity contribution in [2.24, 2.45) is 0 Å². The van der Waals surface area contributed by atoms with E-state index in [4.69, 9.17) is 0 Å². The van der Waals surface area contributed by atoms with Gasteiger partial charge in [-0.15, -0.1) is 0 Å². The summed E-state index contributed by atoms with van der Waals surface area (Å²) in [7, 11) is 0. The molecule has 17 heavy (non-hydrogen) atoms. The van der Waals surface area contributed by atoms with Gasteiger partial charge in [0, 0.05) is 0 Å². The molecule has 1 N–H and O–H groups in total. The molecule has 1 aromatic carbocycles. The van der Waals surface area contributed by atoms with E-state index in [-0.39, 0.29) is 0 Å². The van der Waals surface area contributed by atoms with E-state index in [1.54, 1.807) is 37.3 Å². The molecule has 5 heteroatoms. The molecule has 0 bridgehead atoms. The summed E-state index contributed by atoms with van der Waals surface area (Å²) in [4.78, 5) is 11.6. The van der Waals surface area contributed by atoms with E-state index in [1.165, 1.54) is 0 Å². The smallest absolute Gasteiger partial charge is 0.346 e. The molecule has 0 fully saturated rings. The number of rotatable bonds is 4. The molecule has 0 saturated heterocycles. The Kier molecular flexibility index (Phi) is 4.54. The van der Waals surface area contributed by atoms with Gasteiger partial charge in [-0.25, -0.2) is 0 Å². The molecule has 0 aromatic heterocycles. The standard InChI is InChI=1S/C12H14F3NO/c1-2-10(9-6-4-3-5-7-9)11(17)16-8-12(13,14)15/h3-7,10H,2,8H2,1H3,(H,16,17). The molecule has 0 spiro atoms. The quantitative estimate of drug-likeness (QED) is 0.868. The number of alkyl halides is 3. The number of benzene rings is 1. The van der Waals surface area contributed by atoms with Crippen LogP contribution in [-0.4, -0.2) is 18.6 Å². The fraction of sp³-hybridized carbons (Fsp3) is 0.417. The van der Waals surface area contributed by atoms with Gasteiger partial charge >= 0.3 is 6.18 Å². The van der Waals surface area contributed by atoms with Crippen molar-refractivity contribution in [2.45, 2.75) is 25.4 Å². The average molecular weight is 245 g/mol. The van der Waals surface area contributed by atoms with Gasteiger partial charge in [0.1, 0.15) is 6.54 Å². The third-order valence-electron chi connectivity index (χ3n) is 2.39. The summed E-state index contributed by atoms with van der Waals surface area (Å²) in [5, 5.41) is 1.91. The lowest BCUT2D eigenvalue weighted by molar-refractivity contribution is -0.139. The number of nitrogens with one attached hydrogen (secondary N) is 1. The van der Waals surface area contributed by atoms with Crippen molar-refractivity contribution in [2.75, 3.05) is 6.54 Å². The predicted molar refractivity (Wildman–Crippen MR) is 58.5 cm³/mol. The third-order valence-corrected chi connectivity index (χ3v) is 2.39. The summed E-state index contributed by atoms with van der Waals surface area (Å²) in [5.41, 5.74) is 0.731. The van der Waals surface area contributed by atoms with Gasteiger partial charge in [0.05, 0.1) is 5.92 Å². The Balaban J connectivity index is 2.66. The number of hydrogen-bond donors (Lipinski definition) is 1. The van der Waals surface area contributed by atoms with Crippen LogP contribution in [0.2, 0.25) is 0 Å². The van der Waals surface area contributed by atoms with Crippen molar-refractivity contribution in [3.05, 3.63) is 35.9 Å². The Hall–Kier alpha value is -1.52. The zero-order valence-electron chi connectivity index (χ0n) is 9.42. The number of hydrogen-bond acceptors (Lipinski definition) is 1. The minimum absolute atomic E-state index is 0.466. The molecule has 0 aliphatic carbocycles. The zero-order chi connectivity index (χ0) is 12.9. The Morgan fingerprint density at radius 2 is 1.88 bits per heavy atom. The normalized spacial score (nSPS) is 13.2. The Labute approximate surface area is 97.8 Å². The van der Waals surface area contributed by atoms with Crippen LogP contribution in [0.5, 0.6) is 0 Å². The topological polar surface area (TPSA) is 29.1 Å². The molecule has 1 atom stereocenters. The van der Waals surface area contributed by atoms with Gasteiger partial charge in [0.15, 0.2) is 0 Å². The average Bonchev–Trinajstić information content (AvgIpc) is 2.28. The van der Waals surface area contributed by atoms with Crippen LogP contribution in [0.25, 0.3) is 0 Å². The van der Waals surface area contributed by atoms with Crippen molar-refractivity contribution < 1.29 is 18.0 Å². The van der Waals surface area contributed by atoms with Gasteiger partial charge in [-0.2, -0.15) is 13.2 Å². The fourth-order valence-corrected chi connectivity index (χ4v) is 1.57. The molecule has 2 nitrogen and oxygen atoms in total. The summed E-state index contributed by atoms with van der Waals surface area (Å²) in [5.74, 6) is -1.12. The maximum absolute atomic E-state index is 12.0. The molecule has 1 unspecified atom stereocenters. The maximum Gasteiger partial charge on any atom is 0.405 e. The van der Waals surface area contributed by atoms with Crippen LogP contribution < -0.4 is 5.32 Å². The summed E-state index contributed by atoms with van der Waals surface area (Å²) >= 11 is 0. The molecule has 0 radical (unpaired) electrons. The van der Waals surface area contributed by atoms with E-state index < -0.39 is 24.5 Å². The molecule has 0 heterocycles. The maximum atomic E-state index is 12.0. The third kappa shape index (κ3) is 4.46. The lowest BCUT2D eigenvalue weighted by atomic mass is 9.96. The van der Waals surface area contributed by atoms with Crippen molar-refractivity contribution in [1.29, 1.82) is 0 Å². The second-order valence-corrected chi connectivity index (χ2v) is 3.70. The first-order valence-corrected chi connectivity index (χ1v) is 5.33. The van der Waals surface area contributed by atoms with Crippen LogP contribution in [0.15, 0.2) is 30.3 Å². The van der Waals surface area contributed by atoms with Crippen LogP contribution in [0.4, 0.5) is 13.2 Å². The molecule has 0 saturated carbocycles. The van der Waals surface area contributed by atoms with E-state index in [9.17, 15) is 18.0 Å². The monoisotopic (exact) mass is 245 g/mol. The highest BCUT2D eigenvalue weighted by Crippen LogP contribution is 2.20. The minimum Gasteiger partial charge on any atom is -0.346 e. The van der Waals surface area contributed by atoms with E-state index in [2.05, 4.69) is 0 Å². The summed E-state index contributed by atoms with van der Waals surface area (Å²) in [6.45, 7) is 0.486. The Morgan fingerprint density at radius 3 is 2.35 bits per heavy atom. The van der Waals surface area contributed by atoms with E-state index in [1.807, 2.05) is 5.32 Å². The molecule has 94 valence electrons. The van der Waals surface area contributed by atoms with Gasteiger partial charge in [-0.1, -0.05) is 37.3 Å². The van der Waals surface area contributed by atoms with Gasteiger partial charge < -0.3 is 5.32 Å². The highest BCUT2D eigenvalue weighted by Gasteiger charge is 2.29. The molecular weight excluding hydrogens is 231 g/mol. The molecule has 0 aliphatic rings. The fourth-order valence-electron chi connectivity index (χ4n) is 1.57. The Bertz CT molecular complexity index is 362. The number of halogens is 3. The van der Waals surface area contributed by atoms with E-state index in [0.29, 0.717) is 6.42 Å². The summed E-state index contributed by atoms with van der Waals surface area (Å²) in [6.07, 6.45) is -3.90. The summed E-state index contributed by atoms with van der Waals surface area (Å²) in [6, 6.07) is 8.79. The van der Waals surface area contributed by atoms with Crippen molar-refractivity contribution in [3.8, 4) is 0 Å². The van der Waals surface area contributed by atoms with Crippen molar-refractivity contribution >= 4 is 5.91 Å². The minimum atomic E-state index is -4.37. The van der Waals surface area contributed by atoms with Gasteiger partial charge in [0.25, 0.3) is 0 Å². The van der Waals surface area contributed by atoms with Crippen molar-refractivity contribution in [3.63, 3.8) is 0 Å². The zero-order valence-corrected chi connectivity index (χ0v) is 9.42. The lowest BCUT2D eigenvalue weighted by Gasteiger charge is -2.16. The van der Waals surface area contributed by atoms with Gasteiger partial charge in [0.2, 0.25) is 5.91 Å². The number of amides is 1. The first-order valence-electron chi connectivity index (χ1n) is 5.33. The van der Waals surface area contributed by atoms with Crippen molar-refractivity contribution in [1.82, 2.24) is 5.32 Å². The highest BCUT2D eigenvalue weighted by molar-refractivity contribution is 5.83. The molecule has 1 amide bonds. The lowest BCUT2D eigenvalue weighted by Crippen LogP contribution is -2.36. The highest BCUT2D eigenvalue weighted by atomic mass is 19.4. The predicted octanol–water partition coefficient (Wildman–Crippen LogP) is 2.86. The van der Waals surface area contributed by atoms with Crippen LogP contribution in [0.1, 0.15) is 24.8 Å². The van der Waals surface area contributed by atoms with Gasteiger partial charge in [-0.05, 0) is 12.0 Å². The molecular formula is C12H14F3NO. The van der Waals surface area contributed by atoms with Crippen LogP contribution in [0.3, 0.4) is 0 Å². The summed E-state index contributed by atoms with van der Waals surface area (Å²) < 4.78 is 35.9. The van der Waals surface area contributed by atoms with E-state index in [0.717, 1.165) is 5.56 Å². The van der Waals surface area contributed by atoms with Crippen LogP contribution in [-0.2, 0) is 4.79 Å². The molecule has 1 aromatic rings. The molecule has 0 aliphatic heterocycles. The second-order valence-electron chi connectivity index (χ2n) is 3.70. The Morgan fingerprint density at radius 1 is 1.29 bits per heavy atom.